The number of amides is 1. The molecule has 216 valence electrons. The van der Waals surface area contributed by atoms with E-state index < -0.39 is 6.04 Å². The molecule has 1 atom stereocenters. The predicted octanol–water partition coefficient (Wildman–Crippen LogP) is 3.27. The van der Waals surface area contributed by atoms with Gasteiger partial charge in [0.2, 0.25) is 5.95 Å². The van der Waals surface area contributed by atoms with Crippen LogP contribution in [-0.4, -0.2) is 79.2 Å². The highest BCUT2D eigenvalue weighted by Gasteiger charge is 2.44. The Morgan fingerprint density at radius 3 is 2.55 bits per heavy atom. The van der Waals surface area contributed by atoms with Crippen LogP contribution >= 0.6 is 0 Å². The molecular formula is C29H30FN9O3. The maximum absolute atomic E-state index is 13.6. The number of pyridine rings is 1. The van der Waals surface area contributed by atoms with Crippen LogP contribution in [0.15, 0.2) is 47.1 Å². The second-order valence-corrected chi connectivity index (χ2v) is 11.2. The van der Waals surface area contributed by atoms with Gasteiger partial charge < -0.3 is 30.1 Å². The molecule has 4 aliphatic rings. The number of carbonyl (C=O) groups is 1. The number of benzene rings is 1. The lowest BCUT2D eigenvalue weighted by atomic mass is 9.71. The van der Waals surface area contributed by atoms with E-state index in [0.29, 0.717) is 46.4 Å². The fourth-order valence-electron chi connectivity index (χ4n) is 6.02. The number of nitrogens with zero attached hydrogens (tertiary/aromatic N) is 7. The Morgan fingerprint density at radius 1 is 1.05 bits per heavy atom. The molecule has 3 fully saturated rings. The summed E-state index contributed by atoms with van der Waals surface area (Å²) < 4.78 is 19.4. The lowest BCUT2D eigenvalue weighted by Gasteiger charge is -2.46. The molecule has 13 heteroatoms. The normalized spacial score (nSPS) is 21.8. The van der Waals surface area contributed by atoms with Crippen molar-refractivity contribution in [1.82, 2.24) is 34.9 Å². The Labute approximate surface area is 241 Å². The van der Waals surface area contributed by atoms with E-state index in [1.54, 1.807) is 42.4 Å². The minimum Gasteiger partial charge on any atom is -0.394 e. The molecule has 0 radical (unpaired) electrons. The van der Waals surface area contributed by atoms with Crippen molar-refractivity contribution in [3.63, 3.8) is 0 Å². The second kappa shape index (κ2) is 10.4. The van der Waals surface area contributed by atoms with Crippen LogP contribution in [0.1, 0.15) is 52.7 Å². The first-order valence-electron chi connectivity index (χ1n) is 14.0. The minimum atomic E-state index is -0.601. The zero-order chi connectivity index (χ0) is 28.8. The Kier molecular flexibility index (Phi) is 6.54. The molecule has 3 saturated heterocycles. The molecule has 0 aliphatic carbocycles. The number of aliphatic hydroxyl groups excluding tert-OH is 1. The van der Waals surface area contributed by atoms with Crippen LogP contribution in [0.25, 0.3) is 11.5 Å². The summed E-state index contributed by atoms with van der Waals surface area (Å²) in [7, 11) is 1.73. The molecule has 42 heavy (non-hydrogen) atoms. The number of fused-ring (bicyclic) bond motifs is 4. The summed E-state index contributed by atoms with van der Waals surface area (Å²) in [5.41, 5.74) is 2.29. The third-order valence-corrected chi connectivity index (χ3v) is 8.58. The number of halogens is 1. The van der Waals surface area contributed by atoms with Crippen LogP contribution in [0.3, 0.4) is 0 Å². The lowest BCUT2D eigenvalue weighted by Crippen LogP contribution is -2.51. The monoisotopic (exact) mass is 571 g/mol. The number of carbonyl (C=O) groups excluding carboxylic acids is 1. The van der Waals surface area contributed by atoms with Gasteiger partial charge in [-0.3, -0.25) is 4.79 Å². The van der Waals surface area contributed by atoms with E-state index in [0.717, 1.165) is 38.9 Å². The van der Waals surface area contributed by atoms with Gasteiger partial charge in [-0.2, -0.15) is 9.97 Å². The zero-order valence-electron chi connectivity index (χ0n) is 23.0. The summed E-state index contributed by atoms with van der Waals surface area (Å²) >= 11 is 0. The van der Waals surface area contributed by atoms with Gasteiger partial charge in [0.05, 0.1) is 30.5 Å². The third-order valence-electron chi connectivity index (χ3n) is 8.58. The van der Waals surface area contributed by atoms with Crippen molar-refractivity contribution in [2.45, 2.75) is 37.3 Å². The summed E-state index contributed by atoms with van der Waals surface area (Å²) in [4.78, 5) is 34.9. The number of hydrogen-bond acceptors (Lipinski definition) is 11. The third kappa shape index (κ3) is 4.73. The molecule has 12 nitrogen and oxygen atoms in total. The molecule has 0 spiro atoms. The van der Waals surface area contributed by atoms with Crippen molar-refractivity contribution < 1.29 is 18.8 Å². The zero-order valence-corrected chi connectivity index (χ0v) is 23.0. The summed E-state index contributed by atoms with van der Waals surface area (Å²) in [5, 5.41) is 21.0. The fraction of sp³-hybridized carbons (Fsp3) is 0.379. The molecule has 7 heterocycles. The lowest BCUT2D eigenvalue weighted by molar-refractivity contribution is 0.0747. The van der Waals surface area contributed by atoms with Crippen molar-refractivity contribution in [3.05, 3.63) is 71.1 Å². The quantitative estimate of drug-likeness (QED) is 0.286. The van der Waals surface area contributed by atoms with Crippen LogP contribution in [0.5, 0.6) is 0 Å². The SMILES string of the molecule is CN1Cc2nc(Nc3ncc(-c4nc(C56CCN(CC5)CC6)no4)c(N[C@H](CO)c4ccc(F)cc4)n3)ccc2C1=O. The van der Waals surface area contributed by atoms with Crippen LogP contribution in [0, 0.1) is 5.82 Å². The average Bonchev–Trinajstić information content (AvgIpc) is 3.62. The van der Waals surface area contributed by atoms with Gasteiger partial charge in [-0.15, -0.1) is 0 Å². The Balaban J connectivity index is 1.22. The van der Waals surface area contributed by atoms with Crippen molar-refractivity contribution >= 4 is 23.5 Å². The standard InChI is InChI=1S/C29H30FN9O3/c1-38-15-21-19(26(38)41)6-7-23(32-21)34-28-31-14-20(24(35-28)33-22(16-40)17-2-4-18(30)5-3-17)25-36-27(37-42-25)29-8-11-39(12-9-29)13-10-29/h2-7,14,22,40H,8-13,15-16H2,1H3,(H2,31,32,33,34,35)/t22-/m1/s1. The number of anilines is 3. The molecule has 0 unspecified atom stereocenters. The van der Waals surface area contributed by atoms with Gasteiger partial charge in [0.15, 0.2) is 5.82 Å². The van der Waals surface area contributed by atoms with Gasteiger partial charge >= 0.3 is 0 Å². The highest BCUT2D eigenvalue weighted by molar-refractivity contribution is 5.97. The summed E-state index contributed by atoms with van der Waals surface area (Å²) in [6, 6.07) is 8.73. The maximum atomic E-state index is 13.6. The van der Waals surface area contributed by atoms with E-state index in [1.807, 2.05) is 0 Å². The van der Waals surface area contributed by atoms with E-state index in [4.69, 9.17) is 14.5 Å². The van der Waals surface area contributed by atoms with Crippen molar-refractivity contribution in [3.8, 4) is 11.5 Å². The minimum absolute atomic E-state index is 0.0655. The average molecular weight is 572 g/mol. The van der Waals surface area contributed by atoms with Gasteiger partial charge in [-0.05, 0) is 68.7 Å². The van der Waals surface area contributed by atoms with Gasteiger partial charge in [-0.25, -0.2) is 14.4 Å². The highest BCUT2D eigenvalue weighted by atomic mass is 19.1. The number of rotatable bonds is 8. The first-order valence-corrected chi connectivity index (χ1v) is 14.0. The summed E-state index contributed by atoms with van der Waals surface area (Å²) in [5.74, 6) is 1.60. The van der Waals surface area contributed by atoms with E-state index in [1.165, 1.54) is 12.1 Å². The molecule has 2 bridgehead atoms. The number of nitrogens with one attached hydrogen (secondary N) is 2. The fourth-order valence-corrected chi connectivity index (χ4v) is 6.02. The van der Waals surface area contributed by atoms with E-state index in [9.17, 15) is 14.3 Å². The van der Waals surface area contributed by atoms with Gasteiger partial charge in [0.25, 0.3) is 11.8 Å². The molecule has 0 saturated carbocycles. The van der Waals surface area contributed by atoms with Gasteiger partial charge in [0, 0.05) is 18.7 Å². The molecule has 3 N–H and O–H groups in total. The molecule has 8 rings (SSSR count). The number of hydrogen-bond donors (Lipinski definition) is 3. The largest absolute Gasteiger partial charge is 0.394 e. The highest BCUT2D eigenvalue weighted by Crippen LogP contribution is 2.42. The van der Waals surface area contributed by atoms with Crippen molar-refractivity contribution in [2.75, 3.05) is 43.9 Å². The molecule has 1 amide bonds. The molecule has 4 aliphatic heterocycles. The van der Waals surface area contributed by atoms with Crippen LogP contribution in [-0.2, 0) is 12.0 Å². The smallest absolute Gasteiger partial charge is 0.263 e. The molecule has 1 aromatic carbocycles. The van der Waals surface area contributed by atoms with Gasteiger partial charge in [-0.1, -0.05) is 17.3 Å². The van der Waals surface area contributed by atoms with Gasteiger partial charge in [0.1, 0.15) is 23.0 Å². The number of piperidine rings is 3. The second-order valence-electron chi connectivity index (χ2n) is 11.2. The maximum Gasteiger partial charge on any atom is 0.263 e. The van der Waals surface area contributed by atoms with Crippen molar-refractivity contribution in [1.29, 1.82) is 0 Å². The summed E-state index contributed by atoms with van der Waals surface area (Å²) in [6.45, 7) is 3.22. The van der Waals surface area contributed by atoms with Crippen LogP contribution in [0.2, 0.25) is 0 Å². The van der Waals surface area contributed by atoms with Crippen LogP contribution < -0.4 is 10.6 Å². The predicted molar refractivity (Wildman–Crippen MR) is 150 cm³/mol. The summed E-state index contributed by atoms with van der Waals surface area (Å²) in [6.07, 6.45) is 4.55. The molecule has 3 aromatic heterocycles. The Morgan fingerprint density at radius 2 is 1.81 bits per heavy atom. The topological polar surface area (TPSA) is 145 Å². The van der Waals surface area contributed by atoms with Crippen molar-refractivity contribution in [2.24, 2.45) is 0 Å². The van der Waals surface area contributed by atoms with E-state index >= 15 is 0 Å². The van der Waals surface area contributed by atoms with E-state index in [-0.39, 0.29) is 35.6 Å². The first-order chi connectivity index (χ1) is 20.4. The van der Waals surface area contributed by atoms with E-state index in [2.05, 4.69) is 30.7 Å². The molecule has 4 aromatic rings. The molecular weight excluding hydrogens is 541 g/mol. The van der Waals surface area contributed by atoms with Crippen LogP contribution in [0.4, 0.5) is 22.0 Å². The number of aromatic nitrogens is 5. The number of aliphatic hydroxyl groups is 1. The Bertz CT molecular complexity index is 1620. The Hall–Kier alpha value is -4.49. The first kappa shape index (κ1) is 26.4.